The Labute approximate surface area is 98.6 Å². The van der Waals surface area contributed by atoms with Crippen LogP contribution < -0.4 is 10.6 Å². The van der Waals surface area contributed by atoms with Gasteiger partial charge < -0.3 is 15.5 Å². The summed E-state index contributed by atoms with van der Waals surface area (Å²) in [6, 6.07) is 0.841. The highest BCUT2D eigenvalue weighted by molar-refractivity contribution is 7.80. The summed E-state index contributed by atoms with van der Waals surface area (Å²) in [4.78, 5) is 2.40. The fourth-order valence-corrected chi connectivity index (χ4v) is 1.69. The van der Waals surface area contributed by atoms with Crippen LogP contribution >= 0.6 is 12.2 Å². The minimum Gasteiger partial charge on any atom is -0.363 e. The maximum atomic E-state index is 5.16. The van der Waals surface area contributed by atoms with E-state index in [0.29, 0.717) is 0 Å². The zero-order valence-corrected chi connectivity index (χ0v) is 10.7. The standard InChI is InChI=1S/C11H23N3S/c1-3-4-7-12-11(15)13-8-9-14(2)10-5-6-10/h10H,3-9H2,1-2H3,(H2,12,13,15). The van der Waals surface area contributed by atoms with E-state index in [0.717, 1.165) is 30.8 Å². The van der Waals surface area contributed by atoms with Gasteiger partial charge in [-0.05, 0) is 38.5 Å². The first-order chi connectivity index (χ1) is 7.24. The fourth-order valence-electron chi connectivity index (χ4n) is 1.48. The first-order valence-corrected chi connectivity index (χ1v) is 6.36. The number of unbranched alkanes of at least 4 members (excludes halogenated alkanes) is 1. The quantitative estimate of drug-likeness (QED) is 0.509. The van der Waals surface area contributed by atoms with E-state index < -0.39 is 0 Å². The van der Waals surface area contributed by atoms with Crippen molar-refractivity contribution < 1.29 is 0 Å². The predicted octanol–water partition coefficient (Wildman–Crippen LogP) is 1.34. The average Bonchev–Trinajstić information content (AvgIpc) is 3.01. The zero-order chi connectivity index (χ0) is 11.1. The average molecular weight is 229 g/mol. The maximum Gasteiger partial charge on any atom is 0.166 e. The molecule has 0 unspecified atom stereocenters. The smallest absolute Gasteiger partial charge is 0.166 e. The Morgan fingerprint density at radius 3 is 2.60 bits per heavy atom. The van der Waals surface area contributed by atoms with Crippen molar-refractivity contribution in [3.05, 3.63) is 0 Å². The van der Waals surface area contributed by atoms with Crippen LogP contribution in [0, 0.1) is 0 Å². The highest BCUT2D eigenvalue weighted by Crippen LogP contribution is 2.24. The molecule has 0 aromatic carbocycles. The lowest BCUT2D eigenvalue weighted by molar-refractivity contribution is 0.329. The summed E-state index contributed by atoms with van der Waals surface area (Å²) < 4.78 is 0. The normalized spacial score (nSPS) is 15.4. The zero-order valence-electron chi connectivity index (χ0n) is 9.88. The molecule has 88 valence electrons. The summed E-state index contributed by atoms with van der Waals surface area (Å²) >= 11 is 5.16. The lowest BCUT2D eigenvalue weighted by atomic mass is 10.3. The van der Waals surface area contributed by atoms with Gasteiger partial charge in [0.25, 0.3) is 0 Å². The third-order valence-corrected chi connectivity index (χ3v) is 3.02. The molecule has 0 spiro atoms. The molecule has 0 amide bonds. The van der Waals surface area contributed by atoms with Gasteiger partial charge in [-0.15, -0.1) is 0 Å². The molecule has 0 atom stereocenters. The summed E-state index contributed by atoms with van der Waals surface area (Å²) in [7, 11) is 2.19. The topological polar surface area (TPSA) is 27.3 Å². The van der Waals surface area contributed by atoms with E-state index in [1.54, 1.807) is 0 Å². The number of hydrogen-bond acceptors (Lipinski definition) is 2. The van der Waals surface area contributed by atoms with Crippen LogP contribution in [-0.2, 0) is 0 Å². The molecule has 0 aromatic heterocycles. The van der Waals surface area contributed by atoms with Gasteiger partial charge in [-0.1, -0.05) is 13.3 Å². The maximum absolute atomic E-state index is 5.16. The Kier molecular flexibility index (Phi) is 5.95. The van der Waals surface area contributed by atoms with E-state index in [9.17, 15) is 0 Å². The lowest BCUT2D eigenvalue weighted by Crippen LogP contribution is -2.40. The Hall–Kier alpha value is -0.350. The van der Waals surface area contributed by atoms with Crippen molar-refractivity contribution >= 4 is 17.3 Å². The van der Waals surface area contributed by atoms with Crippen molar-refractivity contribution in [2.45, 2.75) is 38.6 Å². The third-order valence-electron chi connectivity index (χ3n) is 2.74. The molecular formula is C11H23N3S. The lowest BCUT2D eigenvalue weighted by Gasteiger charge is -2.16. The molecule has 1 fully saturated rings. The molecule has 3 nitrogen and oxygen atoms in total. The minimum absolute atomic E-state index is 0.799. The summed E-state index contributed by atoms with van der Waals surface area (Å²) in [5.41, 5.74) is 0. The molecule has 4 heteroatoms. The third kappa shape index (κ3) is 5.95. The van der Waals surface area contributed by atoms with Gasteiger partial charge in [-0.3, -0.25) is 0 Å². The predicted molar refractivity (Wildman–Crippen MR) is 69.2 cm³/mol. The molecule has 0 radical (unpaired) electrons. The Balaban J connectivity index is 1.91. The van der Waals surface area contributed by atoms with E-state index in [-0.39, 0.29) is 0 Å². The van der Waals surface area contributed by atoms with Crippen LogP contribution in [0.2, 0.25) is 0 Å². The summed E-state index contributed by atoms with van der Waals surface area (Å²) in [5.74, 6) is 0. The highest BCUT2D eigenvalue weighted by atomic mass is 32.1. The van der Waals surface area contributed by atoms with Crippen LogP contribution in [0.15, 0.2) is 0 Å². The van der Waals surface area contributed by atoms with Crippen LogP contribution in [0.3, 0.4) is 0 Å². The second kappa shape index (κ2) is 7.01. The summed E-state index contributed by atoms with van der Waals surface area (Å²) in [5, 5.41) is 7.24. The molecule has 0 saturated heterocycles. The SMILES string of the molecule is CCCCNC(=S)NCCN(C)C1CC1. The number of nitrogens with one attached hydrogen (secondary N) is 2. The molecule has 1 saturated carbocycles. The molecule has 0 bridgehead atoms. The highest BCUT2D eigenvalue weighted by Gasteiger charge is 2.25. The van der Waals surface area contributed by atoms with Crippen LogP contribution in [-0.4, -0.2) is 42.7 Å². The fraction of sp³-hybridized carbons (Fsp3) is 0.909. The van der Waals surface area contributed by atoms with Gasteiger partial charge in [0, 0.05) is 25.7 Å². The van der Waals surface area contributed by atoms with Gasteiger partial charge >= 0.3 is 0 Å². The van der Waals surface area contributed by atoms with E-state index in [4.69, 9.17) is 12.2 Å². The van der Waals surface area contributed by atoms with E-state index in [1.807, 2.05) is 0 Å². The van der Waals surface area contributed by atoms with Gasteiger partial charge in [-0.2, -0.15) is 0 Å². The van der Waals surface area contributed by atoms with E-state index in [1.165, 1.54) is 25.7 Å². The first-order valence-electron chi connectivity index (χ1n) is 5.96. The molecule has 1 aliphatic rings. The Morgan fingerprint density at radius 2 is 2.00 bits per heavy atom. The van der Waals surface area contributed by atoms with Crippen LogP contribution in [0.4, 0.5) is 0 Å². The van der Waals surface area contributed by atoms with Gasteiger partial charge in [-0.25, -0.2) is 0 Å². The molecular weight excluding hydrogens is 206 g/mol. The van der Waals surface area contributed by atoms with Crippen molar-refractivity contribution in [2.75, 3.05) is 26.7 Å². The molecule has 0 heterocycles. The molecule has 15 heavy (non-hydrogen) atoms. The molecule has 1 rings (SSSR count). The second-order valence-corrected chi connectivity index (χ2v) is 4.66. The number of likely N-dealkylation sites (N-methyl/N-ethyl adjacent to an activating group) is 1. The monoisotopic (exact) mass is 229 g/mol. The molecule has 2 N–H and O–H groups in total. The van der Waals surface area contributed by atoms with Gasteiger partial charge in [0.05, 0.1) is 0 Å². The minimum atomic E-state index is 0.799. The molecule has 1 aliphatic carbocycles. The van der Waals surface area contributed by atoms with Gasteiger partial charge in [0.1, 0.15) is 0 Å². The Morgan fingerprint density at radius 1 is 1.33 bits per heavy atom. The van der Waals surface area contributed by atoms with Crippen molar-refractivity contribution in [3.63, 3.8) is 0 Å². The second-order valence-electron chi connectivity index (χ2n) is 4.25. The summed E-state index contributed by atoms with van der Waals surface area (Å²) in [6.07, 6.45) is 5.13. The first kappa shape index (κ1) is 12.7. The van der Waals surface area contributed by atoms with Gasteiger partial charge in [0.2, 0.25) is 0 Å². The number of thiocarbonyl (C=S) groups is 1. The van der Waals surface area contributed by atoms with Crippen LogP contribution in [0.25, 0.3) is 0 Å². The number of hydrogen-bond donors (Lipinski definition) is 2. The van der Waals surface area contributed by atoms with E-state index >= 15 is 0 Å². The van der Waals surface area contributed by atoms with Crippen molar-refractivity contribution in [1.82, 2.24) is 15.5 Å². The molecule has 0 aliphatic heterocycles. The number of nitrogens with zero attached hydrogens (tertiary/aromatic N) is 1. The van der Waals surface area contributed by atoms with Crippen molar-refractivity contribution in [1.29, 1.82) is 0 Å². The van der Waals surface area contributed by atoms with Crippen LogP contribution in [0.5, 0.6) is 0 Å². The van der Waals surface area contributed by atoms with Gasteiger partial charge in [0.15, 0.2) is 5.11 Å². The van der Waals surface area contributed by atoms with Crippen molar-refractivity contribution in [3.8, 4) is 0 Å². The molecule has 0 aromatic rings. The van der Waals surface area contributed by atoms with Crippen LogP contribution in [0.1, 0.15) is 32.6 Å². The number of rotatable bonds is 7. The van der Waals surface area contributed by atoms with E-state index in [2.05, 4.69) is 29.5 Å². The summed E-state index contributed by atoms with van der Waals surface area (Å²) in [6.45, 7) is 5.20. The largest absolute Gasteiger partial charge is 0.363 e. The Bertz CT molecular complexity index is 192. The van der Waals surface area contributed by atoms with Crippen molar-refractivity contribution in [2.24, 2.45) is 0 Å².